The van der Waals surface area contributed by atoms with Gasteiger partial charge in [0.05, 0.1) is 16.9 Å². The minimum absolute atomic E-state index is 0.309. The zero-order valence-electron chi connectivity index (χ0n) is 10.7. The van der Waals surface area contributed by atoms with E-state index in [1.165, 1.54) is 12.8 Å². The summed E-state index contributed by atoms with van der Waals surface area (Å²) in [5.41, 5.74) is 7.56. The van der Waals surface area contributed by atoms with Crippen LogP contribution in [0.25, 0.3) is 0 Å². The molecular formula is C14H20N2O2. The van der Waals surface area contributed by atoms with Crippen LogP contribution in [0.15, 0.2) is 18.2 Å². The molecule has 0 bridgehead atoms. The summed E-state index contributed by atoms with van der Waals surface area (Å²) in [5.74, 6) is -0.909. The monoisotopic (exact) mass is 248 g/mol. The van der Waals surface area contributed by atoms with Gasteiger partial charge in [0.25, 0.3) is 0 Å². The van der Waals surface area contributed by atoms with E-state index in [1.54, 1.807) is 18.2 Å². The van der Waals surface area contributed by atoms with Gasteiger partial charge in [-0.25, -0.2) is 4.79 Å². The second-order valence-corrected chi connectivity index (χ2v) is 4.77. The number of carboxylic acids is 1. The van der Waals surface area contributed by atoms with Crippen LogP contribution >= 0.6 is 0 Å². The van der Waals surface area contributed by atoms with E-state index in [4.69, 9.17) is 5.73 Å². The standard InChI is InChI=1S/C14H20N2O2/c1-2-16(10-6-3-4-7-10)13-11(14(17)18)8-5-9-12(13)15/h5,8-10H,2-4,6-7,15H2,1H3,(H,17,18). The summed E-state index contributed by atoms with van der Waals surface area (Å²) < 4.78 is 0. The number of hydrogen-bond acceptors (Lipinski definition) is 3. The lowest BCUT2D eigenvalue weighted by Gasteiger charge is -2.32. The number of nitrogens with two attached hydrogens (primary N) is 1. The van der Waals surface area contributed by atoms with Crippen LogP contribution in [-0.2, 0) is 0 Å². The summed E-state index contributed by atoms with van der Waals surface area (Å²) in [6, 6.07) is 5.54. The predicted molar refractivity (Wildman–Crippen MR) is 73.1 cm³/mol. The zero-order valence-corrected chi connectivity index (χ0v) is 10.7. The molecule has 98 valence electrons. The highest BCUT2D eigenvalue weighted by molar-refractivity contribution is 5.98. The number of para-hydroxylation sites is 1. The highest BCUT2D eigenvalue weighted by Gasteiger charge is 2.26. The normalized spacial score (nSPS) is 15.8. The molecule has 0 heterocycles. The molecule has 1 fully saturated rings. The maximum absolute atomic E-state index is 11.3. The molecule has 0 aromatic heterocycles. The molecule has 0 saturated heterocycles. The molecule has 1 aromatic rings. The quantitative estimate of drug-likeness (QED) is 0.804. The van der Waals surface area contributed by atoms with Crippen molar-refractivity contribution in [2.45, 2.75) is 38.6 Å². The van der Waals surface area contributed by atoms with Gasteiger partial charge >= 0.3 is 5.97 Å². The van der Waals surface area contributed by atoms with Crippen molar-refractivity contribution in [2.24, 2.45) is 0 Å². The molecule has 0 spiro atoms. The number of aromatic carboxylic acids is 1. The smallest absolute Gasteiger partial charge is 0.337 e. The molecule has 1 aromatic carbocycles. The summed E-state index contributed by atoms with van der Waals surface area (Å²) in [6.45, 7) is 2.84. The highest BCUT2D eigenvalue weighted by Crippen LogP contribution is 2.34. The summed E-state index contributed by atoms with van der Waals surface area (Å²) >= 11 is 0. The summed E-state index contributed by atoms with van der Waals surface area (Å²) in [6.07, 6.45) is 4.69. The molecule has 0 aliphatic heterocycles. The average molecular weight is 248 g/mol. The van der Waals surface area contributed by atoms with Gasteiger partial charge in [-0.05, 0) is 31.9 Å². The molecule has 1 aliphatic rings. The molecule has 4 heteroatoms. The first-order chi connectivity index (χ1) is 8.65. The number of nitrogens with zero attached hydrogens (tertiary/aromatic N) is 1. The van der Waals surface area contributed by atoms with E-state index in [0.717, 1.165) is 19.4 Å². The molecule has 0 atom stereocenters. The maximum Gasteiger partial charge on any atom is 0.337 e. The van der Waals surface area contributed by atoms with Crippen molar-refractivity contribution >= 4 is 17.3 Å². The number of rotatable bonds is 4. The lowest BCUT2D eigenvalue weighted by Crippen LogP contribution is -2.34. The highest BCUT2D eigenvalue weighted by atomic mass is 16.4. The summed E-state index contributed by atoms with van der Waals surface area (Å²) in [7, 11) is 0. The molecule has 2 rings (SSSR count). The SMILES string of the molecule is CCN(c1c(N)cccc1C(=O)O)C1CCCC1. The fourth-order valence-electron chi connectivity index (χ4n) is 2.87. The number of anilines is 2. The van der Waals surface area contributed by atoms with E-state index in [9.17, 15) is 9.90 Å². The molecule has 4 nitrogen and oxygen atoms in total. The maximum atomic E-state index is 11.3. The van der Waals surface area contributed by atoms with Gasteiger partial charge in [-0.1, -0.05) is 18.9 Å². The molecule has 1 aliphatic carbocycles. The van der Waals surface area contributed by atoms with Crippen molar-refractivity contribution in [3.05, 3.63) is 23.8 Å². The van der Waals surface area contributed by atoms with Crippen LogP contribution in [0, 0.1) is 0 Å². The van der Waals surface area contributed by atoms with Crippen LogP contribution in [-0.4, -0.2) is 23.7 Å². The number of nitrogen functional groups attached to an aromatic ring is 1. The van der Waals surface area contributed by atoms with E-state index < -0.39 is 5.97 Å². The van der Waals surface area contributed by atoms with Crippen molar-refractivity contribution in [1.82, 2.24) is 0 Å². The first-order valence-electron chi connectivity index (χ1n) is 6.53. The third kappa shape index (κ3) is 2.28. The Bertz CT molecular complexity index is 439. The third-order valence-corrected chi connectivity index (χ3v) is 3.69. The van der Waals surface area contributed by atoms with Gasteiger partial charge in [-0.3, -0.25) is 0 Å². The van der Waals surface area contributed by atoms with Crippen LogP contribution in [0.2, 0.25) is 0 Å². The Balaban J connectivity index is 2.43. The van der Waals surface area contributed by atoms with Gasteiger partial charge in [0.1, 0.15) is 0 Å². The van der Waals surface area contributed by atoms with E-state index in [2.05, 4.69) is 11.8 Å². The van der Waals surface area contributed by atoms with Crippen molar-refractivity contribution in [3.8, 4) is 0 Å². The fourth-order valence-corrected chi connectivity index (χ4v) is 2.87. The largest absolute Gasteiger partial charge is 0.478 e. The van der Waals surface area contributed by atoms with Gasteiger partial charge in [0.2, 0.25) is 0 Å². The minimum atomic E-state index is -0.909. The van der Waals surface area contributed by atoms with E-state index >= 15 is 0 Å². The number of carbonyl (C=O) groups is 1. The van der Waals surface area contributed by atoms with Crippen LogP contribution in [0.3, 0.4) is 0 Å². The molecule has 0 amide bonds. The van der Waals surface area contributed by atoms with Gasteiger partial charge in [-0.15, -0.1) is 0 Å². The van der Waals surface area contributed by atoms with Gasteiger partial charge in [0.15, 0.2) is 0 Å². The Kier molecular flexibility index (Phi) is 3.75. The van der Waals surface area contributed by atoms with Crippen molar-refractivity contribution in [1.29, 1.82) is 0 Å². The Labute approximate surface area is 107 Å². The zero-order chi connectivity index (χ0) is 13.1. The Morgan fingerprint density at radius 2 is 2.11 bits per heavy atom. The van der Waals surface area contributed by atoms with Crippen molar-refractivity contribution in [2.75, 3.05) is 17.2 Å². The van der Waals surface area contributed by atoms with Gasteiger partial charge in [-0.2, -0.15) is 0 Å². The second kappa shape index (κ2) is 5.29. The first-order valence-corrected chi connectivity index (χ1v) is 6.53. The third-order valence-electron chi connectivity index (χ3n) is 3.69. The number of hydrogen-bond donors (Lipinski definition) is 2. The fraction of sp³-hybridized carbons (Fsp3) is 0.500. The van der Waals surface area contributed by atoms with E-state index in [0.29, 0.717) is 23.0 Å². The Morgan fingerprint density at radius 1 is 1.44 bits per heavy atom. The number of benzene rings is 1. The van der Waals surface area contributed by atoms with E-state index in [1.807, 2.05) is 0 Å². The lowest BCUT2D eigenvalue weighted by atomic mass is 10.1. The molecule has 3 N–H and O–H groups in total. The summed E-state index contributed by atoms with van der Waals surface area (Å²) in [5, 5.41) is 9.30. The van der Waals surface area contributed by atoms with Gasteiger partial charge in [0, 0.05) is 12.6 Å². The van der Waals surface area contributed by atoms with Crippen molar-refractivity contribution in [3.63, 3.8) is 0 Å². The molecule has 0 radical (unpaired) electrons. The van der Waals surface area contributed by atoms with Crippen LogP contribution < -0.4 is 10.6 Å². The Morgan fingerprint density at radius 3 is 2.67 bits per heavy atom. The average Bonchev–Trinajstić information content (AvgIpc) is 2.85. The van der Waals surface area contributed by atoms with Crippen LogP contribution in [0.1, 0.15) is 43.0 Å². The molecule has 1 saturated carbocycles. The van der Waals surface area contributed by atoms with Crippen LogP contribution in [0.5, 0.6) is 0 Å². The number of carboxylic acid groups (broad SMARTS) is 1. The lowest BCUT2D eigenvalue weighted by molar-refractivity contribution is 0.0697. The Hall–Kier alpha value is -1.71. The second-order valence-electron chi connectivity index (χ2n) is 4.77. The topological polar surface area (TPSA) is 66.6 Å². The van der Waals surface area contributed by atoms with Crippen molar-refractivity contribution < 1.29 is 9.90 Å². The summed E-state index contributed by atoms with van der Waals surface area (Å²) in [4.78, 5) is 13.5. The first kappa shape index (κ1) is 12.7. The molecule has 18 heavy (non-hydrogen) atoms. The molecular weight excluding hydrogens is 228 g/mol. The van der Waals surface area contributed by atoms with Gasteiger partial charge < -0.3 is 15.7 Å². The minimum Gasteiger partial charge on any atom is -0.478 e. The van der Waals surface area contributed by atoms with E-state index in [-0.39, 0.29) is 0 Å². The molecule has 0 unspecified atom stereocenters. The predicted octanol–water partition coefficient (Wildman–Crippen LogP) is 2.74. The van der Waals surface area contributed by atoms with Crippen LogP contribution in [0.4, 0.5) is 11.4 Å².